The van der Waals surface area contributed by atoms with Gasteiger partial charge in [-0.15, -0.1) is 0 Å². The maximum atomic E-state index is 12.7. The van der Waals surface area contributed by atoms with Crippen molar-refractivity contribution < 1.29 is 27.6 Å². The number of hydrogen-bond donors (Lipinski definition) is 1. The fraction of sp³-hybridized carbons (Fsp3) is 0.500. The molecule has 1 fully saturated rings. The topological polar surface area (TPSA) is 76.5 Å². The number of carbonyl (C=O) groups is 2. The Morgan fingerprint density at radius 3 is 2.43 bits per heavy atom. The van der Waals surface area contributed by atoms with Crippen LogP contribution < -0.4 is 5.32 Å². The van der Waals surface area contributed by atoms with Gasteiger partial charge in [-0.1, -0.05) is 18.2 Å². The number of hydrogen-bond acceptors (Lipinski definition) is 5. The number of halogens is 3. The van der Waals surface area contributed by atoms with Crippen molar-refractivity contribution in [3.63, 3.8) is 0 Å². The molecule has 0 atom stereocenters. The van der Waals surface area contributed by atoms with Gasteiger partial charge in [0.15, 0.2) is 0 Å². The number of para-hydroxylation sites is 1. The van der Waals surface area contributed by atoms with Crippen molar-refractivity contribution in [2.75, 3.05) is 13.1 Å². The molecule has 1 saturated heterocycles. The molecule has 10 heteroatoms. The quantitative estimate of drug-likeness (QED) is 0.804. The van der Waals surface area contributed by atoms with Gasteiger partial charge in [0.05, 0.1) is 16.7 Å². The summed E-state index contributed by atoms with van der Waals surface area (Å²) >= 11 is 0. The summed E-state index contributed by atoms with van der Waals surface area (Å²) in [6, 6.07) is 7.33. The molecule has 3 rings (SSSR count). The van der Waals surface area contributed by atoms with Crippen molar-refractivity contribution in [1.29, 1.82) is 0 Å². The third-order valence-corrected chi connectivity index (χ3v) is 4.38. The van der Waals surface area contributed by atoms with Crippen LogP contribution in [-0.4, -0.2) is 51.5 Å². The molecule has 0 aliphatic carbocycles. The van der Waals surface area contributed by atoms with Gasteiger partial charge in [0.1, 0.15) is 6.54 Å². The minimum Gasteiger partial charge on any atom is -0.329 e. The van der Waals surface area contributed by atoms with E-state index < -0.39 is 23.6 Å². The summed E-state index contributed by atoms with van der Waals surface area (Å²) in [5.41, 5.74) is 0.354. The Balaban J connectivity index is 1.88. The summed E-state index contributed by atoms with van der Waals surface area (Å²) in [4.78, 5) is 28.4. The predicted octanol–water partition coefficient (Wildman–Crippen LogP) is 2.37. The molecule has 2 aromatic rings. The van der Waals surface area contributed by atoms with Crippen LogP contribution in [0.3, 0.4) is 0 Å². The van der Waals surface area contributed by atoms with Crippen molar-refractivity contribution in [3.8, 4) is 0 Å². The van der Waals surface area contributed by atoms with E-state index in [2.05, 4.69) is 15.3 Å². The maximum Gasteiger partial charge on any atom is 0.493 e. The van der Waals surface area contributed by atoms with Gasteiger partial charge in [-0.25, -0.2) is 4.79 Å². The Morgan fingerprint density at radius 1 is 1.25 bits per heavy atom. The average molecular weight is 398 g/mol. The average Bonchev–Trinajstić information content (AvgIpc) is 2.87. The molecule has 0 unspecified atom stereocenters. The SMILES string of the molecule is CC(C)(C)N(OC(=O)C(F)(F)F)C(=O)Cn1nc(C2CNC2)c2ccccc21. The molecule has 28 heavy (non-hydrogen) atoms. The Bertz CT molecular complexity index is 898. The molecule has 2 heterocycles. The Kier molecular flexibility index (Phi) is 5.09. The Morgan fingerprint density at radius 2 is 1.89 bits per heavy atom. The monoisotopic (exact) mass is 398 g/mol. The van der Waals surface area contributed by atoms with Gasteiger partial charge in [0.2, 0.25) is 0 Å². The van der Waals surface area contributed by atoms with Crippen LogP contribution in [-0.2, 0) is 21.0 Å². The van der Waals surface area contributed by atoms with E-state index in [0.717, 1.165) is 24.2 Å². The first-order chi connectivity index (χ1) is 13.0. The number of fused-ring (bicyclic) bond motifs is 1. The van der Waals surface area contributed by atoms with Crippen LogP contribution in [0, 0.1) is 0 Å². The first-order valence-corrected chi connectivity index (χ1v) is 8.77. The van der Waals surface area contributed by atoms with Crippen LogP contribution in [0.5, 0.6) is 0 Å². The molecule has 0 radical (unpaired) electrons. The smallest absolute Gasteiger partial charge is 0.329 e. The van der Waals surface area contributed by atoms with E-state index in [0.29, 0.717) is 10.6 Å². The van der Waals surface area contributed by atoms with Gasteiger partial charge in [-0.2, -0.15) is 23.3 Å². The second kappa shape index (κ2) is 7.08. The zero-order valence-corrected chi connectivity index (χ0v) is 15.7. The highest BCUT2D eigenvalue weighted by atomic mass is 19.4. The first-order valence-electron chi connectivity index (χ1n) is 8.77. The van der Waals surface area contributed by atoms with Crippen LogP contribution in [0.25, 0.3) is 10.9 Å². The van der Waals surface area contributed by atoms with Gasteiger partial charge >= 0.3 is 12.1 Å². The third kappa shape index (κ3) is 3.96. The molecule has 0 saturated carbocycles. The molecular formula is C18H21F3N4O3. The third-order valence-electron chi connectivity index (χ3n) is 4.38. The standard InChI is InChI=1S/C18H21F3N4O3/c1-17(2,3)25(28-16(27)18(19,20)21)14(26)10-24-13-7-5-4-6-12(13)15(23-24)11-8-22-9-11/h4-7,11,22H,8-10H2,1-3H3. The second-order valence-corrected chi connectivity index (χ2v) is 7.65. The largest absolute Gasteiger partial charge is 0.493 e. The van der Waals surface area contributed by atoms with Crippen LogP contribution in [0.2, 0.25) is 0 Å². The predicted molar refractivity (Wildman–Crippen MR) is 94.1 cm³/mol. The summed E-state index contributed by atoms with van der Waals surface area (Å²) in [7, 11) is 0. The van der Waals surface area contributed by atoms with E-state index in [1.807, 2.05) is 12.1 Å². The Hall–Kier alpha value is -2.62. The normalized spacial score (nSPS) is 15.4. The van der Waals surface area contributed by atoms with Gasteiger partial charge in [-0.3, -0.25) is 9.48 Å². The zero-order chi connectivity index (χ0) is 20.7. The highest BCUT2D eigenvalue weighted by Gasteiger charge is 2.45. The highest BCUT2D eigenvalue weighted by Crippen LogP contribution is 2.28. The second-order valence-electron chi connectivity index (χ2n) is 7.65. The van der Waals surface area contributed by atoms with Crippen molar-refractivity contribution in [2.24, 2.45) is 0 Å². The zero-order valence-electron chi connectivity index (χ0n) is 15.7. The van der Waals surface area contributed by atoms with E-state index >= 15 is 0 Å². The van der Waals surface area contributed by atoms with Crippen LogP contribution in [0.15, 0.2) is 24.3 Å². The summed E-state index contributed by atoms with van der Waals surface area (Å²) in [5, 5.41) is 9.02. The number of alkyl halides is 3. The van der Waals surface area contributed by atoms with Gasteiger partial charge < -0.3 is 10.2 Å². The molecule has 1 aromatic carbocycles. The fourth-order valence-corrected chi connectivity index (χ4v) is 2.95. The lowest BCUT2D eigenvalue weighted by atomic mass is 9.97. The number of aromatic nitrogens is 2. The number of benzene rings is 1. The van der Waals surface area contributed by atoms with E-state index in [-0.39, 0.29) is 12.5 Å². The molecule has 1 amide bonds. The van der Waals surface area contributed by atoms with Crippen molar-refractivity contribution in [1.82, 2.24) is 20.2 Å². The molecule has 7 nitrogen and oxygen atoms in total. The van der Waals surface area contributed by atoms with E-state index in [1.54, 1.807) is 12.1 Å². The number of nitrogens with zero attached hydrogens (tertiary/aromatic N) is 3. The molecule has 0 bridgehead atoms. The van der Waals surface area contributed by atoms with Gasteiger partial charge in [0, 0.05) is 24.4 Å². The summed E-state index contributed by atoms with van der Waals surface area (Å²) < 4.78 is 39.2. The molecule has 1 aliphatic rings. The van der Waals surface area contributed by atoms with Crippen LogP contribution >= 0.6 is 0 Å². The number of carbonyl (C=O) groups excluding carboxylic acids is 2. The van der Waals surface area contributed by atoms with E-state index in [1.165, 1.54) is 25.5 Å². The van der Waals surface area contributed by atoms with Crippen LogP contribution in [0.4, 0.5) is 13.2 Å². The number of hydroxylamine groups is 2. The molecular weight excluding hydrogens is 377 g/mol. The number of nitrogens with one attached hydrogen (secondary N) is 1. The van der Waals surface area contributed by atoms with Crippen molar-refractivity contribution in [2.45, 2.75) is 44.9 Å². The van der Waals surface area contributed by atoms with Crippen molar-refractivity contribution in [3.05, 3.63) is 30.0 Å². The maximum absolute atomic E-state index is 12.7. The first kappa shape index (κ1) is 20.1. The lowest BCUT2D eigenvalue weighted by Crippen LogP contribution is -2.50. The summed E-state index contributed by atoms with van der Waals surface area (Å²) in [6.07, 6.45) is -5.20. The van der Waals surface area contributed by atoms with Gasteiger partial charge in [0.25, 0.3) is 5.91 Å². The summed E-state index contributed by atoms with van der Waals surface area (Å²) in [6.45, 7) is 5.60. The number of rotatable bonds is 3. The molecule has 152 valence electrons. The molecule has 0 spiro atoms. The van der Waals surface area contributed by atoms with Gasteiger partial charge in [-0.05, 0) is 26.8 Å². The lowest BCUT2D eigenvalue weighted by Gasteiger charge is -2.33. The molecule has 1 aromatic heterocycles. The van der Waals surface area contributed by atoms with E-state index in [9.17, 15) is 22.8 Å². The van der Waals surface area contributed by atoms with E-state index in [4.69, 9.17) is 0 Å². The van der Waals surface area contributed by atoms with Crippen LogP contribution in [0.1, 0.15) is 32.4 Å². The lowest BCUT2D eigenvalue weighted by molar-refractivity contribution is -0.250. The minimum atomic E-state index is -5.20. The minimum absolute atomic E-state index is 0.211. The summed E-state index contributed by atoms with van der Waals surface area (Å²) in [5.74, 6) is -3.04. The Labute approximate surface area is 159 Å². The number of amides is 1. The molecule has 1 N–H and O–H groups in total. The highest BCUT2D eigenvalue weighted by molar-refractivity contribution is 5.85. The fourth-order valence-electron chi connectivity index (χ4n) is 2.95. The van der Waals surface area contributed by atoms with Crippen molar-refractivity contribution >= 4 is 22.8 Å². The molecule has 1 aliphatic heterocycles.